The van der Waals surface area contributed by atoms with E-state index in [-0.39, 0.29) is 17.1 Å². The molecule has 1 heterocycles. The van der Waals surface area contributed by atoms with Crippen molar-refractivity contribution in [1.82, 2.24) is 5.32 Å². The van der Waals surface area contributed by atoms with E-state index in [4.69, 9.17) is 9.47 Å². The lowest BCUT2D eigenvalue weighted by atomic mass is 9.74. The van der Waals surface area contributed by atoms with E-state index in [0.717, 1.165) is 18.6 Å². The number of nitrogens with one attached hydrogen (secondary N) is 1. The van der Waals surface area contributed by atoms with Gasteiger partial charge >= 0.3 is 0 Å². The molecule has 0 spiro atoms. The Morgan fingerprint density at radius 3 is 2.42 bits per heavy atom. The Hall–Kier alpha value is -1.88. The number of hydrogen-bond donors (Lipinski definition) is 1. The molecule has 2 rings (SSSR count). The van der Waals surface area contributed by atoms with Crippen LogP contribution in [0.4, 0.5) is 0 Å². The molecule has 1 aliphatic rings. The third-order valence-corrected chi connectivity index (χ3v) is 4.71. The van der Waals surface area contributed by atoms with Crippen molar-refractivity contribution in [2.45, 2.75) is 44.4 Å². The molecule has 1 amide bonds. The molecule has 0 radical (unpaired) electrons. The molecule has 0 aliphatic carbocycles. The maximum absolute atomic E-state index is 12.1. The third kappa shape index (κ3) is 5.06. The van der Waals surface area contributed by atoms with Crippen molar-refractivity contribution in [3.63, 3.8) is 0 Å². The lowest BCUT2D eigenvalue weighted by Gasteiger charge is -2.38. The van der Waals surface area contributed by atoms with Crippen LogP contribution >= 0.6 is 0 Å². The van der Waals surface area contributed by atoms with Crippen molar-refractivity contribution < 1.29 is 19.1 Å². The van der Waals surface area contributed by atoms with Gasteiger partial charge in [0.2, 0.25) is 5.91 Å². The van der Waals surface area contributed by atoms with Crippen molar-refractivity contribution in [1.29, 1.82) is 0 Å². The van der Waals surface area contributed by atoms with Crippen LogP contribution in [0.3, 0.4) is 0 Å². The average molecular weight is 333 g/mol. The monoisotopic (exact) mass is 333 g/mol. The molecule has 0 aromatic heterocycles. The zero-order valence-electron chi connectivity index (χ0n) is 14.6. The van der Waals surface area contributed by atoms with Crippen LogP contribution in [0.25, 0.3) is 0 Å². The summed E-state index contributed by atoms with van der Waals surface area (Å²) in [5.74, 6) is 0.965. The van der Waals surface area contributed by atoms with Crippen LogP contribution in [0.2, 0.25) is 0 Å². The zero-order chi connectivity index (χ0) is 17.4. The van der Waals surface area contributed by atoms with Gasteiger partial charge in [0.25, 0.3) is 0 Å². The van der Waals surface area contributed by atoms with Gasteiger partial charge in [-0.2, -0.15) is 0 Å². The van der Waals surface area contributed by atoms with E-state index in [0.29, 0.717) is 39.0 Å². The topological polar surface area (TPSA) is 64.6 Å². The van der Waals surface area contributed by atoms with Gasteiger partial charge in [-0.15, -0.1) is 0 Å². The molecular weight excluding hydrogens is 306 g/mol. The highest BCUT2D eigenvalue weighted by molar-refractivity contribution is 5.78. The molecule has 1 aromatic rings. The third-order valence-electron chi connectivity index (χ3n) is 4.71. The number of carbonyl (C=O) groups is 2. The number of Topliss-reactive ketones (excluding diaryl/α,β-unsaturated/α-hetero) is 1. The summed E-state index contributed by atoms with van der Waals surface area (Å²) >= 11 is 0. The molecule has 1 N–H and O–H groups in total. The molecule has 1 saturated heterocycles. The second-order valence-electron chi connectivity index (χ2n) is 6.45. The Kier molecular flexibility index (Phi) is 6.79. The molecule has 0 saturated carbocycles. The number of carbonyl (C=O) groups excluding carboxylic acids is 2. The van der Waals surface area contributed by atoms with E-state index < -0.39 is 0 Å². The molecular formula is C19H27NO4. The molecule has 24 heavy (non-hydrogen) atoms. The van der Waals surface area contributed by atoms with E-state index in [1.165, 1.54) is 5.56 Å². The normalized spacial score (nSPS) is 16.4. The van der Waals surface area contributed by atoms with E-state index in [1.54, 1.807) is 14.0 Å². The van der Waals surface area contributed by atoms with Crippen molar-refractivity contribution in [2.75, 3.05) is 26.9 Å². The van der Waals surface area contributed by atoms with Gasteiger partial charge < -0.3 is 19.6 Å². The standard InChI is InChI=1S/C19H27NO4/c1-15(21)4-3-5-18(22)20-14-19(10-12-24-13-11-19)16-6-8-17(23-2)9-7-16/h6-9H,3-5,10-14H2,1-2H3,(H,20,22). The fourth-order valence-electron chi connectivity index (χ4n) is 3.13. The van der Waals surface area contributed by atoms with Crippen molar-refractivity contribution in [3.05, 3.63) is 29.8 Å². The molecule has 5 nitrogen and oxygen atoms in total. The number of ketones is 1. The summed E-state index contributed by atoms with van der Waals surface area (Å²) in [4.78, 5) is 23.0. The Balaban J connectivity index is 1.99. The van der Waals surface area contributed by atoms with Crippen LogP contribution in [0, 0.1) is 0 Å². The predicted octanol–water partition coefficient (Wildman–Crippen LogP) is 2.62. The molecule has 5 heteroatoms. The summed E-state index contributed by atoms with van der Waals surface area (Å²) in [6.45, 7) is 3.55. The fourth-order valence-corrected chi connectivity index (χ4v) is 3.13. The lowest BCUT2D eigenvalue weighted by Crippen LogP contribution is -2.44. The molecule has 0 atom stereocenters. The maximum atomic E-state index is 12.1. The number of ether oxygens (including phenoxy) is 2. The first-order valence-electron chi connectivity index (χ1n) is 8.54. The highest BCUT2D eigenvalue weighted by atomic mass is 16.5. The summed E-state index contributed by atoms with van der Waals surface area (Å²) in [6, 6.07) is 8.07. The number of methoxy groups -OCH3 is 1. The molecule has 1 aliphatic heterocycles. The van der Waals surface area contributed by atoms with Gasteiger partial charge in [0, 0.05) is 38.0 Å². The summed E-state index contributed by atoms with van der Waals surface area (Å²) in [5, 5.41) is 3.06. The first-order valence-corrected chi connectivity index (χ1v) is 8.54. The highest BCUT2D eigenvalue weighted by Crippen LogP contribution is 2.35. The van der Waals surface area contributed by atoms with Crippen LogP contribution < -0.4 is 10.1 Å². The van der Waals surface area contributed by atoms with Crippen LogP contribution in [0.1, 0.15) is 44.6 Å². The largest absolute Gasteiger partial charge is 0.497 e. The van der Waals surface area contributed by atoms with E-state index in [9.17, 15) is 9.59 Å². The van der Waals surface area contributed by atoms with Crippen molar-refractivity contribution in [3.8, 4) is 5.75 Å². The Morgan fingerprint density at radius 2 is 1.83 bits per heavy atom. The molecule has 0 unspecified atom stereocenters. The molecule has 0 bridgehead atoms. The van der Waals surface area contributed by atoms with Gasteiger partial charge in [0.15, 0.2) is 0 Å². The average Bonchev–Trinajstić information content (AvgIpc) is 2.60. The minimum atomic E-state index is -0.0965. The molecule has 1 fully saturated rings. The molecule has 1 aromatic carbocycles. The summed E-state index contributed by atoms with van der Waals surface area (Å²) in [6.07, 6.45) is 3.24. The minimum absolute atomic E-state index is 0.00984. The van der Waals surface area contributed by atoms with Crippen LogP contribution in [-0.4, -0.2) is 38.6 Å². The van der Waals surface area contributed by atoms with Crippen molar-refractivity contribution >= 4 is 11.7 Å². The van der Waals surface area contributed by atoms with Gasteiger partial charge in [-0.25, -0.2) is 0 Å². The first-order chi connectivity index (χ1) is 11.6. The van der Waals surface area contributed by atoms with Crippen LogP contribution in [0.5, 0.6) is 5.75 Å². The predicted molar refractivity (Wildman–Crippen MR) is 92.3 cm³/mol. The minimum Gasteiger partial charge on any atom is -0.497 e. The maximum Gasteiger partial charge on any atom is 0.220 e. The number of amides is 1. The first kappa shape index (κ1) is 18.5. The van der Waals surface area contributed by atoms with Gasteiger partial charge in [-0.05, 0) is 43.9 Å². The highest BCUT2D eigenvalue weighted by Gasteiger charge is 2.34. The second kappa shape index (κ2) is 8.83. The smallest absolute Gasteiger partial charge is 0.220 e. The zero-order valence-corrected chi connectivity index (χ0v) is 14.6. The Bertz CT molecular complexity index is 547. The van der Waals surface area contributed by atoms with Gasteiger partial charge in [0.1, 0.15) is 11.5 Å². The summed E-state index contributed by atoms with van der Waals surface area (Å²) in [7, 11) is 1.65. The van der Waals surface area contributed by atoms with E-state index in [1.807, 2.05) is 12.1 Å². The Morgan fingerprint density at radius 1 is 1.17 bits per heavy atom. The fraction of sp³-hybridized carbons (Fsp3) is 0.579. The van der Waals surface area contributed by atoms with Crippen molar-refractivity contribution in [2.24, 2.45) is 0 Å². The summed E-state index contributed by atoms with van der Waals surface area (Å²) < 4.78 is 10.7. The van der Waals surface area contributed by atoms with E-state index >= 15 is 0 Å². The SMILES string of the molecule is COc1ccc(C2(CNC(=O)CCCC(C)=O)CCOCC2)cc1. The number of rotatable bonds is 8. The molecule has 132 valence electrons. The Labute approximate surface area is 143 Å². The van der Waals surface area contributed by atoms with E-state index in [2.05, 4.69) is 17.4 Å². The second-order valence-corrected chi connectivity index (χ2v) is 6.45. The van der Waals surface area contributed by atoms with Crippen LogP contribution in [-0.2, 0) is 19.7 Å². The van der Waals surface area contributed by atoms with Gasteiger partial charge in [0.05, 0.1) is 7.11 Å². The quantitative estimate of drug-likeness (QED) is 0.794. The number of benzene rings is 1. The van der Waals surface area contributed by atoms with Crippen LogP contribution in [0.15, 0.2) is 24.3 Å². The van der Waals surface area contributed by atoms with Gasteiger partial charge in [-0.1, -0.05) is 12.1 Å². The van der Waals surface area contributed by atoms with Gasteiger partial charge in [-0.3, -0.25) is 4.79 Å². The summed E-state index contributed by atoms with van der Waals surface area (Å²) in [5.41, 5.74) is 1.11. The number of hydrogen-bond acceptors (Lipinski definition) is 4. The lowest BCUT2D eigenvalue weighted by molar-refractivity contribution is -0.122.